The lowest BCUT2D eigenvalue weighted by atomic mass is 10.3. The number of aliphatic carboxylic acids is 1. The number of carboxylic acid groups (broad SMARTS) is 1. The summed E-state index contributed by atoms with van der Waals surface area (Å²) in [6.07, 6.45) is 0. The van der Waals surface area contributed by atoms with E-state index in [9.17, 15) is 13.2 Å². The second-order valence-corrected chi connectivity index (χ2v) is 5.83. The Bertz CT molecular complexity index is 424. The average Bonchev–Trinajstić information content (AvgIpc) is 2.66. The number of rotatable bonds is 5. The first kappa shape index (κ1) is 12.2. The first-order valence-electron chi connectivity index (χ1n) is 4.22. The van der Waals surface area contributed by atoms with Crippen molar-refractivity contribution in [2.75, 3.05) is 5.75 Å². The molecular formula is C8H11NO4S2. The molecule has 15 heavy (non-hydrogen) atoms. The largest absolute Gasteiger partial charge is 0.480 e. The van der Waals surface area contributed by atoms with Gasteiger partial charge in [0, 0.05) is 4.88 Å². The van der Waals surface area contributed by atoms with Gasteiger partial charge in [0.1, 0.15) is 0 Å². The highest BCUT2D eigenvalue weighted by atomic mass is 32.2. The third-order valence-corrected chi connectivity index (χ3v) is 4.04. The van der Waals surface area contributed by atoms with Crippen LogP contribution in [0.2, 0.25) is 0 Å². The molecule has 1 rings (SSSR count). The molecule has 1 aromatic rings. The maximum Gasteiger partial charge on any atom is 0.327 e. The molecule has 0 aliphatic heterocycles. The molecule has 0 fully saturated rings. The minimum absolute atomic E-state index is 0.137. The summed E-state index contributed by atoms with van der Waals surface area (Å²) in [6.45, 7) is 1.45. The van der Waals surface area contributed by atoms with Crippen molar-refractivity contribution in [1.29, 1.82) is 0 Å². The van der Waals surface area contributed by atoms with Gasteiger partial charge in [-0.3, -0.25) is 4.79 Å². The molecule has 1 aromatic heterocycles. The Kier molecular flexibility index (Phi) is 3.83. The molecule has 84 valence electrons. The fraction of sp³-hybridized carbons (Fsp3) is 0.375. The zero-order chi connectivity index (χ0) is 11.5. The van der Waals surface area contributed by atoms with Gasteiger partial charge in [0.2, 0.25) is 10.0 Å². The van der Waals surface area contributed by atoms with Gasteiger partial charge >= 0.3 is 5.97 Å². The number of hydrogen-bond acceptors (Lipinski definition) is 4. The SMILES string of the molecule is CCS(=O)(=O)NC(C(=O)O)c1cccs1. The fourth-order valence-corrected chi connectivity index (χ4v) is 2.54. The van der Waals surface area contributed by atoms with Crippen LogP contribution in [0.1, 0.15) is 17.8 Å². The molecule has 2 N–H and O–H groups in total. The van der Waals surface area contributed by atoms with Crippen molar-refractivity contribution >= 4 is 27.3 Å². The zero-order valence-corrected chi connectivity index (χ0v) is 9.64. The Morgan fingerprint density at radius 3 is 2.73 bits per heavy atom. The summed E-state index contributed by atoms with van der Waals surface area (Å²) in [5.41, 5.74) is 0. The molecule has 0 saturated carbocycles. The number of sulfonamides is 1. The van der Waals surface area contributed by atoms with Crippen molar-refractivity contribution in [3.8, 4) is 0 Å². The predicted molar refractivity (Wildman–Crippen MR) is 57.3 cm³/mol. The van der Waals surface area contributed by atoms with Crippen molar-refractivity contribution in [3.05, 3.63) is 22.4 Å². The Balaban J connectivity index is 2.91. The van der Waals surface area contributed by atoms with Gasteiger partial charge in [-0.15, -0.1) is 11.3 Å². The number of thiophene rings is 1. The van der Waals surface area contributed by atoms with Crippen molar-refractivity contribution in [2.45, 2.75) is 13.0 Å². The van der Waals surface area contributed by atoms with E-state index in [2.05, 4.69) is 4.72 Å². The average molecular weight is 249 g/mol. The Morgan fingerprint density at radius 2 is 2.33 bits per heavy atom. The molecule has 0 aliphatic rings. The highest BCUT2D eigenvalue weighted by Crippen LogP contribution is 2.19. The molecule has 0 radical (unpaired) electrons. The summed E-state index contributed by atoms with van der Waals surface area (Å²) in [7, 11) is -3.51. The predicted octanol–water partition coefficient (Wildman–Crippen LogP) is 0.813. The lowest BCUT2D eigenvalue weighted by Gasteiger charge is -2.11. The van der Waals surface area contributed by atoms with Gasteiger partial charge in [0.25, 0.3) is 0 Å². The van der Waals surface area contributed by atoms with Crippen LogP contribution in [-0.2, 0) is 14.8 Å². The zero-order valence-electron chi connectivity index (χ0n) is 8.00. The molecule has 0 spiro atoms. The highest BCUT2D eigenvalue weighted by molar-refractivity contribution is 7.89. The van der Waals surface area contributed by atoms with E-state index in [1.807, 2.05) is 0 Å². The summed E-state index contributed by atoms with van der Waals surface area (Å²) in [4.78, 5) is 11.3. The molecular weight excluding hydrogens is 238 g/mol. The highest BCUT2D eigenvalue weighted by Gasteiger charge is 2.25. The maximum absolute atomic E-state index is 11.2. The van der Waals surface area contributed by atoms with E-state index in [1.54, 1.807) is 17.5 Å². The van der Waals surface area contributed by atoms with Gasteiger partial charge in [-0.2, -0.15) is 4.72 Å². The summed E-state index contributed by atoms with van der Waals surface area (Å²) < 4.78 is 24.6. The van der Waals surface area contributed by atoms with Crippen LogP contribution >= 0.6 is 11.3 Å². The molecule has 7 heteroatoms. The van der Waals surface area contributed by atoms with Crippen LogP contribution in [-0.4, -0.2) is 25.2 Å². The number of nitrogens with one attached hydrogen (secondary N) is 1. The van der Waals surface area contributed by atoms with E-state index < -0.39 is 22.0 Å². The summed E-state index contributed by atoms with van der Waals surface area (Å²) in [5.74, 6) is -1.34. The third-order valence-electron chi connectivity index (χ3n) is 1.75. The molecule has 1 heterocycles. The van der Waals surface area contributed by atoms with Crippen LogP contribution in [0, 0.1) is 0 Å². The van der Waals surface area contributed by atoms with Crippen molar-refractivity contribution < 1.29 is 18.3 Å². The van der Waals surface area contributed by atoms with E-state index in [0.29, 0.717) is 4.88 Å². The van der Waals surface area contributed by atoms with Crippen LogP contribution in [0.15, 0.2) is 17.5 Å². The molecule has 1 atom stereocenters. The number of carboxylic acids is 1. The van der Waals surface area contributed by atoms with Crippen LogP contribution in [0.5, 0.6) is 0 Å². The maximum atomic E-state index is 11.2. The normalized spacial score (nSPS) is 13.7. The second-order valence-electron chi connectivity index (χ2n) is 2.81. The van der Waals surface area contributed by atoms with Crippen molar-refractivity contribution in [3.63, 3.8) is 0 Å². The standard InChI is InChI=1S/C8H11NO4S2/c1-2-15(12,13)9-7(8(10)11)6-4-3-5-14-6/h3-5,7,9H,2H2,1H3,(H,10,11). The molecule has 0 aromatic carbocycles. The summed E-state index contributed by atoms with van der Waals surface area (Å²) >= 11 is 1.20. The lowest BCUT2D eigenvalue weighted by Crippen LogP contribution is -2.34. The van der Waals surface area contributed by atoms with Crippen LogP contribution in [0.3, 0.4) is 0 Å². The monoisotopic (exact) mass is 249 g/mol. The van der Waals surface area contributed by atoms with Gasteiger partial charge in [0.05, 0.1) is 5.75 Å². The summed E-state index contributed by atoms with van der Waals surface area (Å²) in [6, 6.07) is 2.08. The minimum Gasteiger partial charge on any atom is -0.480 e. The number of carbonyl (C=O) groups is 1. The van der Waals surface area contributed by atoms with Crippen LogP contribution in [0.25, 0.3) is 0 Å². The quantitative estimate of drug-likeness (QED) is 0.809. The lowest BCUT2D eigenvalue weighted by molar-refractivity contribution is -0.139. The first-order chi connectivity index (χ1) is 6.96. The molecule has 0 amide bonds. The summed E-state index contributed by atoms with van der Waals surface area (Å²) in [5, 5.41) is 10.6. The minimum atomic E-state index is -3.51. The smallest absolute Gasteiger partial charge is 0.327 e. The number of hydrogen-bond donors (Lipinski definition) is 2. The molecule has 1 unspecified atom stereocenters. The Morgan fingerprint density at radius 1 is 1.67 bits per heavy atom. The van der Waals surface area contributed by atoms with Gasteiger partial charge < -0.3 is 5.11 Å². The van der Waals surface area contributed by atoms with Gasteiger partial charge in [-0.25, -0.2) is 8.42 Å². The van der Waals surface area contributed by atoms with E-state index in [1.165, 1.54) is 18.3 Å². The molecule has 5 nitrogen and oxygen atoms in total. The third kappa shape index (κ3) is 3.29. The van der Waals surface area contributed by atoms with Crippen LogP contribution < -0.4 is 4.72 Å². The van der Waals surface area contributed by atoms with Crippen molar-refractivity contribution in [1.82, 2.24) is 4.72 Å². The molecule has 0 saturated heterocycles. The van der Waals surface area contributed by atoms with Gasteiger partial charge in [-0.1, -0.05) is 6.07 Å². The van der Waals surface area contributed by atoms with E-state index >= 15 is 0 Å². The molecule has 0 bridgehead atoms. The van der Waals surface area contributed by atoms with E-state index in [-0.39, 0.29) is 5.75 Å². The van der Waals surface area contributed by atoms with Crippen molar-refractivity contribution in [2.24, 2.45) is 0 Å². The van der Waals surface area contributed by atoms with Gasteiger partial charge in [0.15, 0.2) is 6.04 Å². The Labute approximate surface area is 91.8 Å². The molecule has 0 aliphatic carbocycles. The van der Waals surface area contributed by atoms with Crippen LogP contribution in [0.4, 0.5) is 0 Å². The first-order valence-corrected chi connectivity index (χ1v) is 6.75. The topological polar surface area (TPSA) is 83.5 Å². The van der Waals surface area contributed by atoms with E-state index in [4.69, 9.17) is 5.11 Å². The fourth-order valence-electron chi connectivity index (χ4n) is 0.949. The second kappa shape index (κ2) is 4.73. The Hall–Kier alpha value is -0.920. The van der Waals surface area contributed by atoms with Gasteiger partial charge in [-0.05, 0) is 18.4 Å². The van der Waals surface area contributed by atoms with E-state index in [0.717, 1.165) is 0 Å².